The second kappa shape index (κ2) is 6.78. The molecule has 0 heterocycles. The van der Waals surface area contributed by atoms with E-state index in [1.165, 1.54) is 5.56 Å². The lowest BCUT2D eigenvalue weighted by Crippen LogP contribution is -2.05. The van der Waals surface area contributed by atoms with E-state index in [-0.39, 0.29) is 0 Å². The van der Waals surface area contributed by atoms with Crippen molar-refractivity contribution in [2.24, 2.45) is 0 Å². The molecular formula is C17H19ClO2. The van der Waals surface area contributed by atoms with Crippen molar-refractivity contribution in [3.8, 4) is 5.75 Å². The molecule has 2 nitrogen and oxygen atoms in total. The quantitative estimate of drug-likeness (QED) is 0.895. The van der Waals surface area contributed by atoms with Crippen LogP contribution < -0.4 is 4.74 Å². The third kappa shape index (κ3) is 3.33. The lowest BCUT2D eigenvalue weighted by atomic mass is 9.99. The zero-order valence-corrected chi connectivity index (χ0v) is 12.5. The van der Waals surface area contributed by atoms with Crippen molar-refractivity contribution in [3.05, 3.63) is 64.2 Å². The Hall–Kier alpha value is -1.51. The molecule has 0 bridgehead atoms. The van der Waals surface area contributed by atoms with Gasteiger partial charge >= 0.3 is 0 Å². The minimum Gasteiger partial charge on any atom is -0.496 e. The summed E-state index contributed by atoms with van der Waals surface area (Å²) in [5, 5.41) is 11.0. The Balaban J connectivity index is 2.21. The van der Waals surface area contributed by atoms with Crippen LogP contribution >= 0.6 is 11.6 Å². The minimum absolute atomic E-state index is 0.518. The normalized spacial score (nSPS) is 12.2. The van der Waals surface area contributed by atoms with Crippen LogP contribution in [0.4, 0.5) is 0 Å². The Bertz CT molecular complexity index is 564. The van der Waals surface area contributed by atoms with Crippen LogP contribution in [-0.4, -0.2) is 12.2 Å². The number of hydrogen-bond acceptors (Lipinski definition) is 2. The Morgan fingerprint density at radius 3 is 2.35 bits per heavy atom. The SMILES string of the molecule is CCc1ccc(CC(O)c2c(Cl)cccc2OC)cc1. The molecule has 1 unspecified atom stereocenters. The number of aryl methyl sites for hydroxylation is 1. The molecule has 0 spiro atoms. The predicted molar refractivity (Wildman–Crippen MR) is 82.5 cm³/mol. The molecule has 3 heteroatoms. The summed E-state index contributed by atoms with van der Waals surface area (Å²) in [7, 11) is 1.58. The number of benzene rings is 2. The van der Waals surface area contributed by atoms with Crippen LogP contribution in [0.1, 0.15) is 29.7 Å². The average Bonchev–Trinajstić information content (AvgIpc) is 2.47. The lowest BCUT2D eigenvalue weighted by molar-refractivity contribution is 0.174. The van der Waals surface area contributed by atoms with E-state index in [0.717, 1.165) is 12.0 Å². The van der Waals surface area contributed by atoms with Crippen molar-refractivity contribution < 1.29 is 9.84 Å². The summed E-state index contributed by atoms with van der Waals surface area (Å²) in [6.45, 7) is 2.12. The van der Waals surface area contributed by atoms with E-state index in [9.17, 15) is 5.11 Å². The maximum absolute atomic E-state index is 10.4. The van der Waals surface area contributed by atoms with E-state index >= 15 is 0 Å². The predicted octanol–water partition coefficient (Wildman–Crippen LogP) is 4.19. The first-order chi connectivity index (χ1) is 9.65. The highest BCUT2D eigenvalue weighted by molar-refractivity contribution is 6.31. The molecule has 0 aliphatic heterocycles. The van der Waals surface area contributed by atoms with Crippen molar-refractivity contribution in [2.75, 3.05) is 7.11 Å². The third-order valence-electron chi connectivity index (χ3n) is 3.43. The van der Waals surface area contributed by atoms with Crippen molar-refractivity contribution in [1.29, 1.82) is 0 Å². The topological polar surface area (TPSA) is 29.5 Å². The molecule has 1 atom stereocenters. The van der Waals surface area contributed by atoms with Gasteiger partial charge in [0.15, 0.2) is 0 Å². The zero-order valence-electron chi connectivity index (χ0n) is 11.8. The molecule has 106 valence electrons. The molecule has 20 heavy (non-hydrogen) atoms. The van der Waals surface area contributed by atoms with Crippen LogP contribution in [0.5, 0.6) is 5.75 Å². The van der Waals surface area contributed by atoms with Gasteiger partial charge in [-0.05, 0) is 29.7 Å². The fraction of sp³-hybridized carbons (Fsp3) is 0.294. The molecule has 2 aromatic carbocycles. The van der Waals surface area contributed by atoms with Crippen molar-refractivity contribution in [2.45, 2.75) is 25.9 Å². The fourth-order valence-corrected chi connectivity index (χ4v) is 2.55. The minimum atomic E-state index is -0.675. The highest BCUT2D eigenvalue weighted by atomic mass is 35.5. The molecule has 0 aromatic heterocycles. The monoisotopic (exact) mass is 290 g/mol. The molecular weight excluding hydrogens is 272 g/mol. The van der Waals surface area contributed by atoms with Crippen LogP contribution in [0.3, 0.4) is 0 Å². The largest absolute Gasteiger partial charge is 0.496 e. The van der Waals surface area contributed by atoms with E-state index in [0.29, 0.717) is 22.8 Å². The molecule has 0 saturated carbocycles. The Morgan fingerprint density at radius 2 is 1.75 bits per heavy atom. The molecule has 0 fully saturated rings. The Labute approximate surface area is 125 Å². The molecule has 0 radical (unpaired) electrons. The number of aliphatic hydroxyl groups excluding tert-OH is 1. The maximum atomic E-state index is 10.4. The summed E-state index contributed by atoms with van der Waals surface area (Å²) < 4.78 is 5.28. The summed E-state index contributed by atoms with van der Waals surface area (Å²) >= 11 is 6.18. The van der Waals surface area contributed by atoms with E-state index in [4.69, 9.17) is 16.3 Å². The van der Waals surface area contributed by atoms with Gasteiger partial charge in [-0.2, -0.15) is 0 Å². The first-order valence-electron chi connectivity index (χ1n) is 6.74. The van der Waals surface area contributed by atoms with Gasteiger partial charge in [-0.1, -0.05) is 48.9 Å². The van der Waals surface area contributed by atoms with Crippen molar-refractivity contribution >= 4 is 11.6 Å². The number of hydrogen-bond donors (Lipinski definition) is 1. The van der Waals surface area contributed by atoms with Gasteiger partial charge in [0.1, 0.15) is 5.75 Å². The van der Waals surface area contributed by atoms with Gasteiger partial charge in [-0.25, -0.2) is 0 Å². The van der Waals surface area contributed by atoms with Gasteiger partial charge in [0.2, 0.25) is 0 Å². The van der Waals surface area contributed by atoms with Crippen LogP contribution in [0.15, 0.2) is 42.5 Å². The zero-order chi connectivity index (χ0) is 14.5. The number of halogens is 1. The van der Waals surface area contributed by atoms with Crippen molar-refractivity contribution in [3.63, 3.8) is 0 Å². The number of methoxy groups -OCH3 is 1. The van der Waals surface area contributed by atoms with Crippen LogP contribution in [0, 0.1) is 0 Å². The lowest BCUT2D eigenvalue weighted by Gasteiger charge is -2.16. The highest BCUT2D eigenvalue weighted by Crippen LogP contribution is 2.33. The fourth-order valence-electron chi connectivity index (χ4n) is 2.25. The van der Waals surface area contributed by atoms with Crippen LogP contribution in [-0.2, 0) is 12.8 Å². The van der Waals surface area contributed by atoms with Gasteiger partial charge in [0, 0.05) is 12.0 Å². The molecule has 0 aliphatic rings. The van der Waals surface area contributed by atoms with E-state index in [1.807, 2.05) is 24.3 Å². The molecule has 0 saturated heterocycles. The molecule has 2 rings (SSSR count). The van der Waals surface area contributed by atoms with Gasteiger partial charge in [0.05, 0.1) is 18.2 Å². The molecule has 0 aliphatic carbocycles. The first kappa shape index (κ1) is 14.9. The van der Waals surface area contributed by atoms with E-state index in [1.54, 1.807) is 13.2 Å². The van der Waals surface area contributed by atoms with E-state index in [2.05, 4.69) is 19.1 Å². The van der Waals surface area contributed by atoms with Gasteiger partial charge in [0.25, 0.3) is 0 Å². The maximum Gasteiger partial charge on any atom is 0.126 e. The Morgan fingerprint density at radius 1 is 1.10 bits per heavy atom. The van der Waals surface area contributed by atoms with Crippen LogP contribution in [0.25, 0.3) is 0 Å². The smallest absolute Gasteiger partial charge is 0.126 e. The van der Waals surface area contributed by atoms with Gasteiger partial charge in [-0.15, -0.1) is 0 Å². The number of rotatable bonds is 5. The second-order valence-corrected chi connectivity index (χ2v) is 5.15. The molecule has 2 aromatic rings. The van der Waals surface area contributed by atoms with Crippen molar-refractivity contribution in [1.82, 2.24) is 0 Å². The number of aliphatic hydroxyl groups is 1. The molecule has 1 N–H and O–H groups in total. The summed E-state index contributed by atoms with van der Waals surface area (Å²) in [5.41, 5.74) is 3.02. The molecule has 0 amide bonds. The summed E-state index contributed by atoms with van der Waals surface area (Å²) in [5.74, 6) is 0.621. The second-order valence-electron chi connectivity index (χ2n) is 4.75. The summed E-state index contributed by atoms with van der Waals surface area (Å²) in [6, 6.07) is 13.7. The third-order valence-corrected chi connectivity index (χ3v) is 3.76. The van der Waals surface area contributed by atoms with E-state index < -0.39 is 6.10 Å². The highest BCUT2D eigenvalue weighted by Gasteiger charge is 2.17. The Kier molecular flexibility index (Phi) is 5.05. The first-order valence-corrected chi connectivity index (χ1v) is 7.11. The van der Waals surface area contributed by atoms with Gasteiger partial charge in [-0.3, -0.25) is 0 Å². The standard InChI is InChI=1S/C17H19ClO2/c1-3-12-7-9-13(10-8-12)11-15(19)17-14(18)5-4-6-16(17)20-2/h4-10,15,19H,3,11H2,1-2H3. The average molecular weight is 291 g/mol. The summed E-state index contributed by atoms with van der Waals surface area (Å²) in [6.07, 6.45) is 0.858. The number of ether oxygens (including phenoxy) is 1. The summed E-state index contributed by atoms with van der Waals surface area (Å²) in [4.78, 5) is 0. The van der Waals surface area contributed by atoms with Crippen LogP contribution in [0.2, 0.25) is 5.02 Å². The van der Waals surface area contributed by atoms with Gasteiger partial charge < -0.3 is 9.84 Å².